The predicted molar refractivity (Wildman–Crippen MR) is 146 cm³/mol. The number of carbonyl (C=O) groups is 3. The van der Waals surface area contributed by atoms with E-state index in [0.717, 1.165) is 34.1 Å². The van der Waals surface area contributed by atoms with Crippen molar-refractivity contribution in [1.82, 2.24) is 0 Å². The molecule has 37 heavy (non-hydrogen) atoms. The van der Waals surface area contributed by atoms with Gasteiger partial charge in [0.05, 0.1) is 7.11 Å². The maximum Gasteiger partial charge on any atom is 0.161 e. The summed E-state index contributed by atoms with van der Waals surface area (Å²) in [6.07, 6.45) is 11.4. The Hall–Kier alpha value is -4.91. The van der Waals surface area contributed by atoms with Gasteiger partial charge in [0.1, 0.15) is 30.4 Å². The van der Waals surface area contributed by atoms with Crippen molar-refractivity contribution in [2.75, 3.05) is 7.11 Å². The lowest BCUT2D eigenvalue weighted by Crippen LogP contribution is -1.87. The molecule has 3 aromatic rings. The quantitative estimate of drug-likeness (QED) is 0.291. The summed E-state index contributed by atoms with van der Waals surface area (Å²) in [4.78, 5) is 30.0. The smallest absolute Gasteiger partial charge is 0.161 e. The van der Waals surface area contributed by atoms with Crippen molar-refractivity contribution in [2.45, 2.75) is 13.8 Å². The van der Waals surface area contributed by atoms with Gasteiger partial charge in [0.25, 0.3) is 0 Å². The highest BCUT2D eigenvalue weighted by atomic mass is 16.5. The van der Waals surface area contributed by atoms with Crippen molar-refractivity contribution in [1.29, 1.82) is 0 Å². The Balaban J connectivity index is 0.000000280. The zero-order valence-electron chi connectivity index (χ0n) is 20.9. The zero-order valence-corrected chi connectivity index (χ0v) is 20.9. The van der Waals surface area contributed by atoms with Gasteiger partial charge in [-0.3, -0.25) is 14.4 Å². The molecule has 0 saturated heterocycles. The van der Waals surface area contributed by atoms with Crippen LogP contribution in [0.3, 0.4) is 0 Å². The molecule has 0 amide bonds. The third kappa shape index (κ3) is 11.4. The van der Waals surface area contributed by atoms with Crippen LogP contribution in [0.1, 0.15) is 27.8 Å². The molecule has 7 heteroatoms. The minimum atomic E-state index is 0.135. The van der Waals surface area contributed by atoms with Crippen molar-refractivity contribution in [3.05, 3.63) is 101 Å². The lowest BCUT2D eigenvalue weighted by Gasteiger charge is -2.07. The van der Waals surface area contributed by atoms with Crippen LogP contribution in [0.4, 0.5) is 0 Å². The number of rotatable bonds is 7. The number of phenolic OH excluding ortho intramolecular Hbond substituents is 3. The highest BCUT2D eigenvalue weighted by Gasteiger charge is 2.05. The molecule has 3 rings (SSSR count). The molecule has 0 aromatic heterocycles. The Kier molecular flexibility index (Phi) is 13.6. The average Bonchev–Trinajstić information content (AvgIpc) is 2.90. The van der Waals surface area contributed by atoms with Crippen molar-refractivity contribution in [2.24, 2.45) is 0 Å². The van der Waals surface area contributed by atoms with Gasteiger partial charge in [-0.2, -0.15) is 0 Å². The fourth-order valence-electron chi connectivity index (χ4n) is 2.84. The van der Waals surface area contributed by atoms with Crippen molar-refractivity contribution in [3.63, 3.8) is 0 Å². The number of carbonyl (C=O) groups excluding carboxylic acids is 3. The molecular formula is C30H30O7. The number of aldehydes is 3. The maximum atomic E-state index is 10.1. The van der Waals surface area contributed by atoms with Gasteiger partial charge in [-0.15, -0.1) is 0 Å². The molecule has 0 aliphatic rings. The summed E-state index contributed by atoms with van der Waals surface area (Å²) in [5.41, 5.74) is 4.16. The second-order valence-electron chi connectivity index (χ2n) is 7.51. The van der Waals surface area contributed by atoms with Gasteiger partial charge in [0, 0.05) is 0 Å². The minimum absolute atomic E-state index is 0.135. The molecule has 192 valence electrons. The molecule has 0 spiro atoms. The fraction of sp³-hybridized carbons (Fsp3) is 0.100. The van der Waals surface area contributed by atoms with Crippen LogP contribution in [0.25, 0.3) is 18.2 Å². The van der Waals surface area contributed by atoms with Gasteiger partial charge < -0.3 is 20.1 Å². The van der Waals surface area contributed by atoms with Crippen molar-refractivity contribution in [3.8, 4) is 23.0 Å². The van der Waals surface area contributed by atoms with Crippen LogP contribution in [-0.2, 0) is 14.4 Å². The van der Waals surface area contributed by atoms with Gasteiger partial charge in [-0.25, -0.2) is 0 Å². The van der Waals surface area contributed by atoms with E-state index in [0.29, 0.717) is 18.3 Å². The van der Waals surface area contributed by atoms with E-state index < -0.39 is 0 Å². The Morgan fingerprint density at radius 1 is 0.622 bits per heavy atom. The number of hydrogen-bond acceptors (Lipinski definition) is 7. The third-order valence-electron chi connectivity index (χ3n) is 4.72. The number of benzene rings is 3. The summed E-state index contributed by atoms with van der Waals surface area (Å²) in [6.45, 7) is 3.59. The number of aromatic hydroxyl groups is 3. The zero-order chi connectivity index (χ0) is 27.6. The predicted octanol–water partition coefficient (Wildman–Crippen LogP) is 5.44. The van der Waals surface area contributed by atoms with Gasteiger partial charge >= 0.3 is 0 Å². The molecule has 0 bridgehead atoms. The Bertz CT molecular complexity index is 1250. The van der Waals surface area contributed by atoms with Crippen LogP contribution < -0.4 is 4.74 Å². The average molecular weight is 503 g/mol. The first-order valence-corrected chi connectivity index (χ1v) is 11.1. The van der Waals surface area contributed by atoms with Crippen molar-refractivity contribution < 1.29 is 34.4 Å². The van der Waals surface area contributed by atoms with E-state index in [4.69, 9.17) is 9.84 Å². The molecule has 0 atom stereocenters. The largest absolute Gasteiger partial charge is 0.508 e. The monoisotopic (exact) mass is 502 g/mol. The van der Waals surface area contributed by atoms with Gasteiger partial charge in [-0.05, 0) is 96.3 Å². The summed E-state index contributed by atoms with van der Waals surface area (Å²) in [5.74, 6) is 1.05. The van der Waals surface area contributed by atoms with Crippen LogP contribution in [0, 0.1) is 13.8 Å². The van der Waals surface area contributed by atoms with Crippen LogP contribution in [-0.4, -0.2) is 41.3 Å². The first-order chi connectivity index (χ1) is 17.7. The van der Waals surface area contributed by atoms with Crippen LogP contribution in [0.2, 0.25) is 0 Å². The molecule has 0 aliphatic heterocycles. The maximum absolute atomic E-state index is 10.1. The summed E-state index contributed by atoms with van der Waals surface area (Å²) in [6, 6.07) is 15.2. The number of phenols is 3. The highest BCUT2D eigenvalue weighted by Crippen LogP contribution is 2.31. The van der Waals surface area contributed by atoms with E-state index >= 15 is 0 Å². The molecule has 0 fully saturated rings. The fourth-order valence-corrected chi connectivity index (χ4v) is 2.84. The topological polar surface area (TPSA) is 121 Å². The molecule has 3 N–H and O–H groups in total. The first-order valence-electron chi connectivity index (χ1n) is 11.1. The second-order valence-corrected chi connectivity index (χ2v) is 7.51. The third-order valence-corrected chi connectivity index (χ3v) is 4.72. The number of allylic oxidation sites excluding steroid dienone is 3. The van der Waals surface area contributed by atoms with Gasteiger partial charge in [0.2, 0.25) is 0 Å². The number of methoxy groups -OCH3 is 1. The lowest BCUT2D eigenvalue weighted by atomic mass is 10.1. The Labute approximate surface area is 216 Å². The van der Waals surface area contributed by atoms with E-state index in [1.165, 1.54) is 25.3 Å². The second kappa shape index (κ2) is 16.7. The highest BCUT2D eigenvalue weighted by molar-refractivity contribution is 5.75. The molecule has 0 saturated carbocycles. The first kappa shape index (κ1) is 30.1. The van der Waals surface area contributed by atoms with Crippen LogP contribution in [0.15, 0.2) is 72.8 Å². The minimum Gasteiger partial charge on any atom is -0.508 e. The molecule has 0 radical (unpaired) electrons. The van der Waals surface area contributed by atoms with Crippen molar-refractivity contribution >= 4 is 37.1 Å². The van der Waals surface area contributed by atoms with Crippen LogP contribution in [0.5, 0.6) is 23.0 Å². The molecule has 0 unspecified atom stereocenters. The molecule has 3 aromatic carbocycles. The number of ether oxygens (including phenoxy) is 1. The van der Waals surface area contributed by atoms with E-state index in [1.807, 2.05) is 13.0 Å². The summed E-state index contributed by atoms with van der Waals surface area (Å²) in [7, 11) is 1.49. The van der Waals surface area contributed by atoms with Gasteiger partial charge in [-0.1, -0.05) is 36.4 Å². The SMILES string of the molecule is COc1cc(/C=C/C=O)cc(C)c1O.Cc1cc(/C=C/C=O)ccc1O.O=C/C=C/c1ccc(O)cc1. The number of hydrogen-bond donors (Lipinski definition) is 3. The Morgan fingerprint density at radius 3 is 1.62 bits per heavy atom. The number of aryl methyl sites for hydroxylation is 2. The summed E-state index contributed by atoms with van der Waals surface area (Å²) >= 11 is 0. The normalized spacial score (nSPS) is 10.4. The lowest BCUT2D eigenvalue weighted by molar-refractivity contribution is -0.104. The van der Waals surface area contributed by atoms with E-state index in [9.17, 15) is 24.6 Å². The summed E-state index contributed by atoms with van der Waals surface area (Å²) < 4.78 is 4.97. The van der Waals surface area contributed by atoms with E-state index in [2.05, 4.69) is 0 Å². The van der Waals surface area contributed by atoms with Crippen LogP contribution >= 0.6 is 0 Å². The summed E-state index contributed by atoms with van der Waals surface area (Å²) in [5, 5.41) is 27.6. The van der Waals surface area contributed by atoms with E-state index in [1.54, 1.807) is 73.7 Å². The molecule has 0 aliphatic carbocycles. The standard InChI is InChI=1S/C11H12O3.C10H10O2.C9H8O2/c1-8-6-9(4-3-5-12)7-10(14-2)11(8)13;1-8-7-9(3-2-6-11)4-5-10(8)12;10-7-1-2-8-3-5-9(11)6-4-8/h3-7,13H,1-2H3;2-7,12H,1H3;1-7,11H/b4-3+;3-2+;2-1+. The van der Waals surface area contributed by atoms with E-state index in [-0.39, 0.29) is 17.2 Å². The Morgan fingerprint density at radius 2 is 1.11 bits per heavy atom. The molecule has 7 nitrogen and oxygen atoms in total. The van der Waals surface area contributed by atoms with Gasteiger partial charge in [0.15, 0.2) is 11.5 Å². The molecular weight excluding hydrogens is 472 g/mol. The molecule has 0 heterocycles.